The monoisotopic (exact) mass is 477 g/mol. The fraction of sp³-hybridized carbons (Fsp3) is 0.423. The van der Waals surface area contributed by atoms with Crippen molar-refractivity contribution in [1.82, 2.24) is 19.7 Å². The maximum atomic E-state index is 13.1. The van der Waals surface area contributed by atoms with Crippen molar-refractivity contribution < 1.29 is 9.53 Å². The Morgan fingerprint density at radius 2 is 1.79 bits per heavy atom. The molecule has 8 heteroatoms. The number of carbonyl (C=O) groups excluding carboxylic acids is 1. The Kier molecular flexibility index (Phi) is 6.87. The Hall–Kier alpha value is -2.84. The number of carbonyl (C=O) groups is 1. The van der Waals surface area contributed by atoms with Crippen LogP contribution in [-0.2, 0) is 11.2 Å². The Labute approximate surface area is 205 Å². The van der Waals surface area contributed by atoms with Gasteiger partial charge in [0.1, 0.15) is 5.75 Å². The number of thioether (sulfide) groups is 1. The lowest BCUT2D eigenvalue weighted by Gasteiger charge is -2.31. The molecular weight excluding hydrogens is 446 g/mol. The lowest BCUT2D eigenvalue weighted by Crippen LogP contribution is -2.33. The maximum absolute atomic E-state index is 13.1. The van der Waals surface area contributed by atoms with Gasteiger partial charge in [-0.2, -0.15) is 0 Å². The van der Waals surface area contributed by atoms with Gasteiger partial charge in [0.05, 0.1) is 18.9 Å². The number of benzene rings is 2. The van der Waals surface area contributed by atoms with E-state index < -0.39 is 0 Å². The molecule has 3 aromatic rings. The number of anilines is 1. The zero-order chi connectivity index (χ0) is 23.5. The summed E-state index contributed by atoms with van der Waals surface area (Å²) in [7, 11) is 1.67. The molecule has 1 saturated heterocycles. The van der Waals surface area contributed by atoms with Crippen LogP contribution in [0.4, 0.5) is 5.69 Å². The lowest BCUT2D eigenvalue weighted by molar-refractivity contribution is -0.116. The minimum atomic E-state index is 0.102. The van der Waals surface area contributed by atoms with Crippen molar-refractivity contribution in [3.05, 3.63) is 59.9 Å². The summed E-state index contributed by atoms with van der Waals surface area (Å²) in [5.41, 5.74) is 3.25. The summed E-state index contributed by atoms with van der Waals surface area (Å²) in [6, 6.07) is 16.2. The molecule has 0 spiro atoms. The fourth-order valence-corrected chi connectivity index (χ4v) is 5.72. The highest BCUT2D eigenvalue weighted by Crippen LogP contribution is 2.32. The van der Waals surface area contributed by atoms with E-state index in [1.54, 1.807) is 7.11 Å². The predicted molar refractivity (Wildman–Crippen MR) is 135 cm³/mol. The van der Waals surface area contributed by atoms with Gasteiger partial charge < -0.3 is 9.64 Å². The maximum Gasteiger partial charge on any atom is 0.237 e. The predicted octanol–water partition coefficient (Wildman–Crippen LogP) is 4.50. The highest BCUT2D eigenvalue weighted by atomic mass is 32.2. The second-order valence-electron chi connectivity index (χ2n) is 8.86. The molecule has 1 amide bonds. The Morgan fingerprint density at radius 3 is 2.56 bits per heavy atom. The molecule has 0 saturated carbocycles. The zero-order valence-electron chi connectivity index (χ0n) is 19.8. The number of methoxy groups -OCH3 is 1. The van der Waals surface area contributed by atoms with E-state index in [9.17, 15) is 4.79 Å². The molecule has 1 aromatic heterocycles. The summed E-state index contributed by atoms with van der Waals surface area (Å²) in [6.07, 6.45) is 4.63. The first-order valence-electron chi connectivity index (χ1n) is 12.0. The van der Waals surface area contributed by atoms with Crippen LogP contribution in [-0.4, -0.2) is 58.1 Å². The van der Waals surface area contributed by atoms with E-state index in [0.29, 0.717) is 5.75 Å². The van der Waals surface area contributed by atoms with E-state index in [0.717, 1.165) is 54.2 Å². The van der Waals surface area contributed by atoms with Crippen molar-refractivity contribution >= 4 is 23.4 Å². The molecular formula is C26H31N5O2S. The Morgan fingerprint density at radius 1 is 1.03 bits per heavy atom. The zero-order valence-corrected chi connectivity index (χ0v) is 20.6. The summed E-state index contributed by atoms with van der Waals surface area (Å²) >= 11 is 1.45. The molecule has 7 nitrogen and oxygen atoms in total. The molecule has 2 aromatic carbocycles. The largest absolute Gasteiger partial charge is 0.497 e. The van der Waals surface area contributed by atoms with Gasteiger partial charge in [-0.3, -0.25) is 14.3 Å². The van der Waals surface area contributed by atoms with E-state index in [1.165, 1.54) is 36.6 Å². The van der Waals surface area contributed by atoms with E-state index in [-0.39, 0.29) is 11.9 Å². The van der Waals surface area contributed by atoms with Crippen LogP contribution in [0.3, 0.4) is 0 Å². The number of hydrogen-bond donors (Lipinski definition) is 0. The van der Waals surface area contributed by atoms with Crippen molar-refractivity contribution in [2.24, 2.45) is 0 Å². The summed E-state index contributed by atoms with van der Waals surface area (Å²) in [6.45, 7) is 5.09. The summed E-state index contributed by atoms with van der Waals surface area (Å²) in [5, 5.41) is 9.90. The van der Waals surface area contributed by atoms with E-state index >= 15 is 0 Å². The molecule has 0 N–H and O–H groups in total. The number of likely N-dealkylation sites (tertiary alicyclic amines) is 1. The van der Waals surface area contributed by atoms with Gasteiger partial charge in [0.15, 0.2) is 11.0 Å². The highest BCUT2D eigenvalue weighted by molar-refractivity contribution is 7.99. The third-order valence-corrected chi connectivity index (χ3v) is 7.73. The topological polar surface area (TPSA) is 63.5 Å². The fourth-order valence-electron chi connectivity index (χ4n) is 4.89. The molecule has 5 rings (SSSR count). The molecule has 2 aliphatic rings. The number of fused-ring (bicyclic) bond motifs is 1. The van der Waals surface area contributed by atoms with Gasteiger partial charge in [0.25, 0.3) is 0 Å². The lowest BCUT2D eigenvalue weighted by atomic mass is 10.1. The summed E-state index contributed by atoms with van der Waals surface area (Å²) < 4.78 is 7.46. The van der Waals surface area contributed by atoms with Gasteiger partial charge in [0.2, 0.25) is 5.91 Å². The van der Waals surface area contributed by atoms with Crippen LogP contribution < -0.4 is 9.64 Å². The molecule has 0 unspecified atom stereocenters. The Balaban J connectivity index is 1.40. The molecule has 1 atom stereocenters. The van der Waals surface area contributed by atoms with Crippen LogP contribution in [0.5, 0.6) is 5.75 Å². The van der Waals surface area contributed by atoms with E-state index in [1.807, 2.05) is 47.4 Å². The van der Waals surface area contributed by atoms with Crippen LogP contribution in [0, 0.1) is 0 Å². The third-order valence-electron chi connectivity index (χ3n) is 6.81. The van der Waals surface area contributed by atoms with Crippen LogP contribution in [0.15, 0.2) is 53.7 Å². The van der Waals surface area contributed by atoms with Crippen molar-refractivity contribution in [1.29, 1.82) is 0 Å². The van der Waals surface area contributed by atoms with Gasteiger partial charge in [-0.1, -0.05) is 36.4 Å². The van der Waals surface area contributed by atoms with Crippen molar-refractivity contribution in [3.63, 3.8) is 0 Å². The van der Waals surface area contributed by atoms with Crippen LogP contribution in [0.25, 0.3) is 5.69 Å². The molecule has 1 fully saturated rings. The number of ether oxygens (including phenoxy) is 1. The van der Waals surface area contributed by atoms with Crippen molar-refractivity contribution in [2.45, 2.75) is 43.8 Å². The first-order chi connectivity index (χ1) is 16.7. The van der Waals surface area contributed by atoms with Crippen LogP contribution in [0.2, 0.25) is 0 Å². The van der Waals surface area contributed by atoms with Gasteiger partial charge in [-0.15, -0.1) is 10.2 Å². The molecule has 0 bridgehead atoms. The van der Waals surface area contributed by atoms with Crippen molar-refractivity contribution in [2.75, 3.05) is 37.4 Å². The number of amides is 1. The molecule has 178 valence electrons. The number of nitrogens with zero attached hydrogens (tertiary/aromatic N) is 5. The molecule has 3 heterocycles. The van der Waals surface area contributed by atoms with Gasteiger partial charge in [0, 0.05) is 17.9 Å². The normalized spacial score (nSPS) is 16.9. The van der Waals surface area contributed by atoms with Crippen LogP contribution >= 0.6 is 11.8 Å². The molecule has 34 heavy (non-hydrogen) atoms. The second kappa shape index (κ2) is 10.2. The minimum absolute atomic E-state index is 0.102. The second-order valence-corrected chi connectivity index (χ2v) is 9.80. The number of piperidine rings is 1. The third kappa shape index (κ3) is 4.57. The molecule has 0 aliphatic carbocycles. The minimum Gasteiger partial charge on any atom is -0.497 e. The number of rotatable bonds is 7. The quantitative estimate of drug-likeness (QED) is 0.467. The van der Waals surface area contributed by atoms with Crippen LogP contribution in [0.1, 0.15) is 43.6 Å². The number of para-hydroxylation sites is 1. The molecule has 2 aliphatic heterocycles. The summed E-state index contributed by atoms with van der Waals surface area (Å²) in [5.74, 6) is 2.14. The first-order valence-corrected chi connectivity index (χ1v) is 13.0. The number of aromatic nitrogens is 3. The Bertz CT molecular complexity index is 1140. The first kappa shape index (κ1) is 22.9. The van der Waals surface area contributed by atoms with Gasteiger partial charge >= 0.3 is 0 Å². The van der Waals surface area contributed by atoms with Gasteiger partial charge in [-0.25, -0.2) is 0 Å². The standard InChI is InChI=1S/C26H31N5O2S/c1-19(29-15-6-3-7-16-29)25-27-28-26(31(25)21-10-12-22(33-2)13-11-21)34-18-24(32)30-17-14-20-8-4-5-9-23(20)30/h4-5,8-13,19H,3,6-7,14-18H2,1-2H3/t19-/m1/s1. The van der Waals surface area contributed by atoms with Gasteiger partial charge in [-0.05, 0) is 75.2 Å². The van der Waals surface area contributed by atoms with E-state index in [4.69, 9.17) is 4.74 Å². The highest BCUT2D eigenvalue weighted by Gasteiger charge is 2.28. The SMILES string of the molecule is COc1ccc(-n2c(SCC(=O)N3CCc4ccccc43)nnc2[C@@H](C)N2CCCCC2)cc1. The molecule has 0 radical (unpaired) electrons. The smallest absolute Gasteiger partial charge is 0.237 e. The number of hydrogen-bond acceptors (Lipinski definition) is 6. The summed E-state index contributed by atoms with van der Waals surface area (Å²) in [4.78, 5) is 17.5. The average Bonchev–Trinajstić information content (AvgIpc) is 3.52. The average molecular weight is 478 g/mol. The van der Waals surface area contributed by atoms with Crippen molar-refractivity contribution in [3.8, 4) is 11.4 Å². The van der Waals surface area contributed by atoms with E-state index in [2.05, 4.69) is 32.7 Å².